The first-order chi connectivity index (χ1) is 7.99. The Kier molecular flexibility index (Phi) is 3.50. The molecule has 0 spiro atoms. The third-order valence-corrected chi connectivity index (χ3v) is 4.52. The van der Waals surface area contributed by atoms with Crippen molar-refractivity contribution in [1.82, 2.24) is 14.5 Å². The van der Waals surface area contributed by atoms with Crippen molar-refractivity contribution in [3.05, 3.63) is 12.4 Å². The number of aliphatic hydroxyl groups excluding tert-OH is 1. The lowest BCUT2D eigenvalue weighted by atomic mass is 10.1. The first-order valence-corrected chi connectivity index (χ1v) is 7.14. The third kappa shape index (κ3) is 2.85. The highest BCUT2D eigenvalue weighted by Gasteiger charge is 2.27. The van der Waals surface area contributed by atoms with Crippen molar-refractivity contribution in [1.29, 1.82) is 0 Å². The van der Waals surface area contributed by atoms with Gasteiger partial charge in [-0.1, -0.05) is 6.42 Å². The second-order valence-corrected chi connectivity index (χ2v) is 6.23. The summed E-state index contributed by atoms with van der Waals surface area (Å²) in [6.45, 7) is 0.290. The van der Waals surface area contributed by atoms with Crippen molar-refractivity contribution in [2.75, 3.05) is 6.54 Å². The normalized spacial score (nSPS) is 25.3. The second kappa shape index (κ2) is 4.75. The van der Waals surface area contributed by atoms with Crippen LogP contribution >= 0.6 is 0 Å². The predicted octanol–water partition coefficient (Wildman–Crippen LogP) is -0.141. The van der Waals surface area contributed by atoms with Crippen molar-refractivity contribution in [2.24, 2.45) is 13.0 Å². The van der Waals surface area contributed by atoms with Gasteiger partial charge in [-0.25, -0.2) is 13.1 Å². The Bertz CT molecular complexity index is 483. The van der Waals surface area contributed by atoms with Gasteiger partial charge in [0.2, 0.25) is 10.0 Å². The topological polar surface area (TPSA) is 84.2 Å². The van der Waals surface area contributed by atoms with Gasteiger partial charge < -0.3 is 5.11 Å². The highest BCUT2D eigenvalue weighted by atomic mass is 32.2. The zero-order valence-electron chi connectivity index (χ0n) is 9.70. The summed E-state index contributed by atoms with van der Waals surface area (Å²) >= 11 is 0. The zero-order valence-corrected chi connectivity index (χ0v) is 10.5. The summed E-state index contributed by atoms with van der Waals surface area (Å²) in [5.74, 6) is 0.0291. The van der Waals surface area contributed by atoms with Crippen LogP contribution in [0, 0.1) is 5.92 Å². The highest BCUT2D eigenvalue weighted by Crippen LogP contribution is 2.25. The fourth-order valence-corrected chi connectivity index (χ4v) is 3.17. The quantitative estimate of drug-likeness (QED) is 0.788. The predicted molar refractivity (Wildman–Crippen MR) is 61.7 cm³/mol. The molecule has 0 amide bonds. The molecule has 2 N–H and O–H groups in total. The van der Waals surface area contributed by atoms with Crippen molar-refractivity contribution in [3.63, 3.8) is 0 Å². The van der Waals surface area contributed by atoms with E-state index in [1.165, 1.54) is 17.1 Å². The van der Waals surface area contributed by atoms with Crippen molar-refractivity contribution in [3.8, 4) is 0 Å². The molecule has 2 unspecified atom stereocenters. The molecule has 1 saturated carbocycles. The average molecular weight is 259 g/mol. The van der Waals surface area contributed by atoms with Crippen molar-refractivity contribution in [2.45, 2.75) is 30.3 Å². The minimum Gasteiger partial charge on any atom is -0.393 e. The molecule has 1 aromatic rings. The summed E-state index contributed by atoms with van der Waals surface area (Å²) in [4.78, 5) is 0.160. The number of rotatable bonds is 4. The van der Waals surface area contributed by atoms with Crippen LogP contribution in [0.1, 0.15) is 19.3 Å². The molecule has 17 heavy (non-hydrogen) atoms. The highest BCUT2D eigenvalue weighted by molar-refractivity contribution is 7.89. The van der Waals surface area contributed by atoms with Gasteiger partial charge in [0.15, 0.2) is 0 Å². The molecule has 1 aromatic heterocycles. The summed E-state index contributed by atoms with van der Waals surface area (Å²) < 4.78 is 27.7. The van der Waals surface area contributed by atoms with Gasteiger partial charge in [0.1, 0.15) is 4.90 Å². The number of aromatic nitrogens is 2. The Morgan fingerprint density at radius 1 is 1.59 bits per heavy atom. The largest absolute Gasteiger partial charge is 0.393 e. The smallest absolute Gasteiger partial charge is 0.243 e. The minimum atomic E-state index is -3.49. The van der Waals surface area contributed by atoms with E-state index in [0.717, 1.165) is 19.3 Å². The molecular formula is C10H17N3O3S. The molecule has 0 bridgehead atoms. The summed E-state index contributed by atoms with van der Waals surface area (Å²) in [6.07, 6.45) is 4.98. The molecule has 96 valence electrons. The van der Waals surface area contributed by atoms with Gasteiger partial charge in [-0.2, -0.15) is 5.10 Å². The number of sulfonamides is 1. The van der Waals surface area contributed by atoms with Gasteiger partial charge >= 0.3 is 0 Å². The van der Waals surface area contributed by atoms with Crippen LogP contribution in [-0.2, 0) is 17.1 Å². The van der Waals surface area contributed by atoms with E-state index < -0.39 is 10.0 Å². The van der Waals surface area contributed by atoms with E-state index in [9.17, 15) is 13.5 Å². The van der Waals surface area contributed by atoms with Crippen LogP contribution in [-0.4, -0.2) is 36.0 Å². The minimum absolute atomic E-state index is 0.0291. The lowest BCUT2D eigenvalue weighted by Gasteiger charge is -2.14. The van der Waals surface area contributed by atoms with E-state index in [-0.39, 0.29) is 16.9 Å². The average Bonchev–Trinajstić information content (AvgIpc) is 2.85. The van der Waals surface area contributed by atoms with Crippen molar-refractivity contribution >= 4 is 10.0 Å². The SMILES string of the molecule is Cn1cc(S(=O)(=O)NCC2CCCC2O)cn1. The van der Waals surface area contributed by atoms with Crippen LogP contribution in [0.3, 0.4) is 0 Å². The number of aliphatic hydroxyl groups is 1. The van der Waals surface area contributed by atoms with Crippen LogP contribution < -0.4 is 4.72 Å². The summed E-state index contributed by atoms with van der Waals surface area (Å²) in [5.41, 5.74) is 0. The summed E-state index contributed by atoms with van der Waals surface area (Å²) in [5, 5.41) is 13.4. The standard InChI is InChI=1S/C10H17N3O3S/c1-13-7-9(6-11-13)17(15,16)12-5-8-3-2-4-10(8)14/h6-8,10,12,14H,2-5H2,1H3. The first kappa shape index (κ1) is 12.5. The van der Waals surface area contributed by atoms with Gasteiger partial charge in [-0.15, -0.1) is 0 Å². The van der Waals surface area contributed by atoms with E-state index in [1.54, 1.807) is 7.05 Å². The van der Waals surface area contributed by atoms with Crippen LogP contribution in [0.15, 0.2) is 17.3 Å². The van der Waals surface area contributed by atoms with E-state index in [0.29, 0.717) is 6.54 Å². The first-order valence-electron chi connectivity index (χ1n) is 5.65. The Hall–Kier alpha value is -0.920. The molecule has 0 aromatic carbocycles. The lowest BCUT2D eigenvalue weighted by Crippen LogP contribution is -2.32. The van der Waals surface area contributed by atoms with Crippen LogP contribution in [0.5, 0.6) is 0 Å². The molecule has 7 heteroatoms. The van der Waals surface area contributed by atoms with Gasteiger partial charge in [0.05, 0.1) is 12.3 Å². The molecule has 1 aliphatic carbocycles. The molecule has 1 aliphatic rings. The number of hydrogen-bond donors (Lipinski definition) is 2. The number of aryl methyl sites for hydroxylation is 1. The van der Waals surface area contributed by atoms with E-state index in [1.807, 2.05) is 0 Å². The molecule has 2 atom stereocenters. The molecular weight excluding hydrogens is 242 g/mol. The maximum atomic E-state index is 11.9. The Morgan fingerprint density at radius 2 is 2.35 bits per heavy atom. The Morgan fingerprint density at radius 3 is 2.88 bits per heavy atom. The van der Waals surface area contributed by atoms with Crippen LogP contribution in [0.2, 0.25) is 0 Å². The fraction of sp³-hybridized carbons (Fsp3) is 0.700. The Balaban J connectivity index is 1.98. The fourth-order valence-electron chi connectivity index (χ4n) is 2.09. The maximum Gasteiger partial charge on any atom is 0.243 e. The molecule has 0 radical (unpaired) electrons. The lowest BCUT2D eigenvalue weighted by molar-refractivity contribution is 0.134. The molecule has 0 aliphatic heterocycles. The summed E-state index contributed by atoms with van der Waals surface area (Å²) in [7, 11) is -1.83. The maximum absolute atomic E-state index is 11.9. The molecule has 1 heterocycles. The number of hydrogen-bond acceptors (Lipinski definition) is 4. The number of nitrogens with one attached hydrogen (secondary N) is 1. The van der Waals surface area contributed by atoms with E-state index in [4.69, 9.17) is 0 Å². The molecule has 0 saturated heterocycles. The third-order valence-electron chi connectivity index (χ3n) is 3.15. The van der Waals surface area contributed by atoms with E-state index in [2.05, 4.69) is 9.82 Å². The zero-order chi connectivity index (χ0) is 12.5. The molecule has 2 rings (SSSR count). The van der Waals surface area contributed by atoms with Gasteiger partial charge in [0, 0.05) is 19.8 Å². The van der Waals surface area contributed by atoms with E-state index >= 15 is 0 Å². The number of nitrogens with zero attached hydrogens (tertiary/aromatic N) is 2. The molecule has 6 nitrogen and oxygen atoms in total. The van der Waals surface area contributed by atoms with Crippen LogP contribution in [0.4, 0.5) is 0 Å². The molecule has 1 fully saturated rings. The summed E-state index contributed by atoms with van der Waals surface area (Å²) in [6, 6.07) is 0. The second-order valence-electron chi connectivity index (χ2n) is 4.46. The van der Waals surface area contributed by atoms with Gasteiger partial charge in [0.25, 0.3) is 0 Å². The monoisotopic (exact) mass is 259 g/mol. The van der Waals surface area contributed by atoms with Crippen molar-refractivity contribution < 1.29 is 13.5 Å². The van der Waals surface area contributed by atoms with Gasteiger partial charge in [-0.05, 0) is 18.8 Å². The Labute approximate surface area is 101 Å². The van der Waals surface area contributed by atoms with Gasteiger partial charge in [-0.3, -0.25) is 4.68 Å². The van der Waals surface area contributed by atoms with Crippen LogP contribution in [0.25, 0.3) is 0 Å².